The zero-order valence-corrected chi connectivity index (χ0v) is 18.2. The Balaban J connectivity index is 1.70. The molecule has 0 aliphatic heterocycles. The molecule has 1 atom stereocenters. The lowest BCUT2D eigenvalue weighted by molar-refractivity contribution is 0.0932. The molecule has 156 valence electrons. The second-order valence-corrected chi connectivity index (χ2v) is 7.57. The summed E-state index contributed by atoms with van der Waals surface area (Å²) in [5, 5.41) is 8.27. The molecule has 4 aromatic rings. The van der Waals surface area contributed by atoms with E-state index in [9.17, 15) is 4.79 Å². The molecule has 6 nitrogen and oxygen atoms in total. The molecule has 0 aliphatic rings. The van der Waals surface area contributed by atoms with Crippen LogP contribution in [0.5, 0.6) is 0 Å². The van der Waals surface area contributed by atoms with Gasteiger partial charge in [0.25, 0.3) is 5.91 Å². The molecule has 2 aromatic carbocycles. The number of para-hydroxylation sites is 1. The predicted molar refractivity (Wildman–Crippen MR) is 121 cm³/mol. The highest BCUT2D eigenvalue weighted by Gasteiger charge is 2.24. The quantitative estimate of drug-likeness (QED) is 0.444. The number of nitrogens with zero attached hydrogens (tertiary/aromatic N) is 4. The number of carbonyl (C=O) groups excluding carboxylic acids is 1. The Morgan fingerprint density at radius 3 is 2.35 bits per heavy atom. The van der Waals surface area contributed by atoms with Gasteiger partial charge < -0.3 is 5.32 Å². The normalized spacial score (nSPS) is 11.8. The van der Waals surface area contributed by atoms with Crippen LogP contribution in [0, 0.1) is 0 Å². The maximum Gasteiger partial charge on any atom is 0.291 e. The number of aryl methyl sites for hydroxylation is 1. The number of amides is 1. The molecule has 0 bridgehead atoms. The Kier molecular flexibility index (Phi) is 6.30. The number of hydrogen-bond donors (Lipinski definition) is 1. The molecule has 0 radical (unpaired) electrons. The van der Waals surface area contributed by atoms with Crippen LogP contribution in [0.15, 0.2) is 72.9 Å². The van der Waals surface area contributed by atoms with Crippen molar-refractivity contribution in [1.29, 1.82) is 0 Å². The molecule has 4 rings (SSSR count). The average molecular weight is 452 g/mol. The first-order valence-corrected chi connectivity index (χ1v) is 10.5. The van der Waals surface area contributed by atoms with E-state index >= 15 is 0 Å². The number of aromatic nitrogens is 4. The summed E-state index contributed by atoms with van der Waals surface area (Å²) in [6, 6.07) is 19.9. The lowest BCUT2D eigenvalue weighted by Crippen LogP contribution is -2.30. The predicted octanol–water partition coefficient (Wildman–Crippen LogP) is 5.05. The highest BCUT2D eigenvalue weighted by atomic mass is 35.5. The molecule has 0 spiro atoms. The molecule has 2 aromatic heterocycles. The maximum absolute atomic E-state index is 13.1. The number of benzene rings is 2. The van der Waals surface area contributed by atoms with Gasteiger partial charge in [-0.15, -0.1) is 5.10 Å². The van der Waals surface area contributed by atoms with Gasteiger partial charge in [0.15, 0.2) is 0 Å². The van der Waals surface area contributed by atoms with Gasteiger partial charge in [-0.3, -0.25) is 9.78 Å². The largest absolute Gasteiger partial charge is 0.337 e. The van der Waals surface area contributed by atoms with Crippen LogP contribution in [0.25, 0.3) is 5.69 Å². The van der Waals surface area contributed by atoms with E-state index < -0.39 is 11.9 Å². The van der Waals surface area contributed by atoms with Crippen molar-refractivity contribution < 1.29 is 4.79 Å². The SMILES string of the molecule is CCc1nc(C(=O)NC(c2ccccc2)c2ccccn2)nn1-c1c(Cl)cccc1Cl. The summed E-state index contributed by atoms with van der Waals surface area (Å²) < 4.78 is 1.53. The third-order valence-electron chi connectivity index (χ3n) is 4.73. The van der Waals surface area contributed by atoms with E-state index in [0.29, 0.717) is 33.7 Å². The third-order valence-corrected chi connectivity index (χ3v) is 5.34. The fraction of sp³-hybridized carbons (Fsp3) is 0.130. The minimum absolute atomic E-state index is 0.0321. The summed E-state index contributed by atoms with van der Waals surface area (Å²) >= 11 is 12.7. The smallest absolute Gasteiger partial charge is 0.291 e. The molecule has 1 N–H and O–H groups in total. The number of halogens is 2. The molecule has 0 fully saturated rings. The molecule has 31 heavy (non-hydrogen) atoms. The van der Waals surface area contributed by atoms with Crippen molar-refractivity contribution in [3.8, 4) is 5.69 Å². The first kappa shape index (κ1) is 21.0. The van der Waals surface area contributed by atoms with Gasteiger partial charge in [0, 0.05) is 12.6 Å². The van der Waals surface area contributed by atoms with E-state index in [1.54, 1.807) is 24.4 Å². The van der Waals surface area contributed by atoms with Crippen molar-refractivity contribution >= 4 is 29.1 Å². The highest BCUT2D eigenvalue weighted by Crippen LogP contribution is 2.29. The zero-order chi connectivity index (χ0) is 21.8. The van der Waals surface area contributed by atoms with Crippen molar-refractivity contribution in [2.75, 3.05) is 0 Å². The zero-order valence-electron chi connectivity index (χ0n) is 16.7. The molecule has 1 unspecified atom stereocenters. The Labute approximate surface area is 189 Å². The lowest BCUT2D eigenvalue weighted by Gasteiger charge is -2.18. The molecule has 0 saturated carbocycles. The van der Waals surface area contributed by atoms with Gasteiger partial charge in [0.2, 0.25) is 5.82 Å². The van der Waals surface area contributed by atoms with Gasteiger partial charge in [0.05, 0.1) is 21.8 Å². The van der Waals surface area contributed by atoms with Crippen LogP contribution < -0.4 is 5.32 Å². The van der Waals surface area contributed by atoms with E-state index in [1.165, 1.54) is 4.68 Å². The van der Waals surface area contributed by atoms with Crippen molar-refractivity contribution in [3.05, 3.63) is 106 Å². The minimum atomic E-state index is -0.448. The van der Waals surface area contributed by atoms with Crippen LogP contribution >= 0.6 is 23.2 Å². The summed E-state index contributed by atoms with van der Waals surface area (Å²) in [4.78, 5) is 22.0. The molecule has 0 aliphatic carbocycles. The Morgan fingerprint density at radius 2 is 1.71 bits per heavy atom. The van der Waals surface area contributed by atoms with Crippen molar-refractivity contribution in [2.45, 2.75) is 19.4 Å². The van der Waals surface area contributed by atoms with Gasteiger partial charge >= 0.3 is 0 Å². The number of rotatable bonds is 6. The van der Waals surface area contributed by atoms with Crippen molar-refractivity contribution in [2.24, 2.45) is 0 Å². The van der Waals surface area contributed by atoms with E-state index in [-0.39, 0.29) is 5.82 Å². The second kappa shape index (κ2) is 9.29. The summed E-state index contributed by atoms with van der Waals surface area (Å²) in [6.07, 6.45) is 2.24. The van der Waals surface area contributed by atoms with Crippen LogP contribution in [0.4, 0.5) is 0 Å². The molecular formula is C23H19Cl2N5O. The van der Waals surface area contributed by atoms with Crippen LogP contribution in [0.3, 0.4) is 0 Å². The topological polar surface area (TPSA) is 72.7 Å². The number of nitrogens with one attached hydrogen (secondary N) is 1. The Morgan fingerprint density at radius 1 is 1.00 bits per heavy atom. The van der Waals surface area contributed by atoms with Gasteiger partial charge in [-0.1, -0.05) is 72.6 Å². The van der Waals surface area contributed by atoms with E-state index in [2.05, 4.69) is 20.4 Å². The Bertz CT molecular complexity index is 1140. The summed E-state index contributed by atoms with van der Waals surface area (Å²) in [5.74, 6) is 0.190. The standard InChI is InChI=1S/C23H19Cl2N5O/c1-2-19-27-22(29-30(19)21-16(24)11-8-12-17(21)25)23(31)28-20(15-9-4-3-5-10-15)18-13-6-7-14-26-18/h3-14,20H,2H2,1H3,(H,28,31). The van der Waals surface area contributed by atoms with E-state index in [4.69, 9.17) is 23.2 Å². The van der Waals surface area contributed by atoms with Crippen molar-refractivity contribution in [1.82, 2.24) is 25.1 Å². The van der Waals surface area contributed by atoms with Crippen LogP contribution in [-0.4, -0.2) is 25.7 Å². The van der Waals surface area contributed by atoms with E-state index in [1.807, 2.05) is 55.5 Å². The third kappa shape index (κ3) is 4.45. The van der Waals surface area contributed by atoms with Crippen molar-refractivity contribution in [3.63, 3.8) is 0 Å². The Hall–Kier alpha value is -3.22. The van der Waals surface area contributed by atoms with Crippen LogP contribution in [0.1, 0.15) is 40.7 Å². The lowest BCUT2D eigenvalue weighted by atomic mass is 10.0. The fourth-order valence-corrected chi connectivity index (χ4v) is 3.81. The van der Waals surface area contributed by atoms with E-state index in [0.717, 1.165) is 5.56 Å². The summed E-state index contributed by atoms with van der Waals surface area (Å²) in [7, 11) is 0. The first-order chi connectivity index (χ1) is 15.1. The number of pyridine rings is 1. The van der Waals surface area contributed by atoms with Gasteiger partial charge in [-0.25, -0.2) is 9.67 Å². The van der Waals surface area contributed by atoms with Crippen LogP contribution in [-0.2, 0) is 6.42 Å². The maximum atomic E-state index is 13.1. The average Bonchev–Trinajstić information content (AvgIpc) is 3.22. The fourth-order valence-electron chi connectivity index (χ4n) is 3.26. The van der Waals surface area contributed by atoms with Gasteiger partial charge in [0.1, 0.15) is 11.5 Å². The first-order valence-electron chi connectivity index (χ1n) is 9.75. The number of carbonyl (C=O) groups is 1. The van der Waals surface area contributed by atoms with Gasteiger partial charge in [-0.05, 0) is 29.8 Å². The highest BCUT2D eigenvalue weighted by molar-refractivity contribution is 6.37. The second-order valence-electron chi connectivity index (χ2n) is 6.76. The van der Waals surface area contributed by atoms with Crippen LogP contribution in [0.2, 0.25) is 10.0 Å². The molecule has 8 heteroatoms. The van der Waals surface area contributed by atoms with Gasteiger partial charge in [-0.2, -0.15) is 0 Å². The monoisotopic (exact) mass is 451 g/mol. The summed E-state index contributed by atoms with van der Waals surface area (Å²) in [5.41, 5.74) is 2.11. The number of hydrogen-bond acceptors (Lipinski definition) is 4. The molecule has 1 amide bonds. The molecule has 2 heterocycles. The minimum Gasteiger partial charge on any atom is -0.337 e. The molecular weight excluding hydrogens is 433 g/mol. The molecule has 0 saturated heterocycles. The summed E-state index contributed by atoms with van der Waals surface area (Å²) in [6.45, 7) is 1.92.